The summed E-state index contributed by atoms with van der Waals surface area (Å²) in [5, 5.41) is 3.36. The van der Waals surface area contributed by atoms with E-state index in [0.717, 1.165) is 22.5 Å². The summed E-state index contributed by atoms with van der Waals surface area (Å²) in [6.07, 6.45) is 2.11. The van der Waals surface area contributed by atoms with Gasteiger partial charge in [-0.15, -0.1) is 0 Å². The number of carbonyl (C=O) groups is 1. The number of rotatable bonds is 4. The van der Waals surface area contributed by atoms with Crippen molar-refractivity contribution in [1.29, 1.82) is 0 Å². The van der Waals surface area contributed by atoms with E-state index >= 15 is 0 Å². The summed E-state index contributed by atoms with van der Waals surface area (Å²) in [5.74, 6) is -0.0897. The number of aryl methyl sites for hydroxylation is 3. The van der Waals surface area contributed by atoms with Crippen molar-refractivity contribution in [3.63, 3.8) is 0 Å². The Kier molecular flexibility index (Phi) is 5.24. The Labute approximate surface area is 160 Å². The second-order valence-electron chi connectivity index (χ2n) is 7.30. The summed E-state index contributed by atoms with van der Waals surface area (Å²) < 4.78 is 23.3. The minimum Gasteiger partial charge on any atom is -0.354 e. The van der Waals surface area contributed by atoms with Gasteiger partial charge in [0.15, 0.2) is 9.84 Å². The lowest BCUT2D eigenvalue weighted by molar-refractivity contribution is 0.0742. The summed E-state index contributed by atoms with van der Waals surface area (Å²) in [6.45, 7) is 6.17. The van der Waals surface area contributed by atoms with Gasteiger partial charge in [0.2, 0.25) is 0 Å². The molecule has 1 atom stereocenters. The summed E-state index contributed by atoms with van der Waals surface area (Å²) in [6, 6.07) is 7.44. The summed E-state index contributed by atoms with van der Waals surface area (Å²) >= 11 is 0. The Morgan fingerprint density at radius 2 is 1.85 bits per heavy atom. The van der Waals surface area contributed by atoms with Crippen LogP contribution in [-0.4, -0.2) is 48.8 Å². The highest BCUT2D eigenvalue weighted by Gasteiger charge is 2.33. The normalized spacial score (nSPS) is 18.3. The van der Waals surface area contributed by atoms with E-state index in [2.05, 4.69) is 43.2 Å². The van der Waals surface area contributed by atoms with Crippen molar-refractivity contribution < 1.29 is 13.2 Å². The summed E-state index contributed by atoms with van der Waals surface area (Å²) in [7, 11) is -1.39. The lowest BCUT2D eigenvalue weighted by Crippen LogP contribution is -2.38. The second-order valence-corrected chi connectivity index (χ2v) is 9.53. The molecule has 1 N–H and O–H groups in total. The van der Waals surface area contributed by atoms with Gasteiger partial charge in [-0.3, -0.25) is 4.79 Å². The standard InChI is InChI=1S/C20H25N3O3S/c1-13-9-14(2)19(15(3)10-13)22-16-5-6-18(21-11-16)20(24)23(4)17-7-8-27(25,26)12-17/h5-6,9-11,17,22H,7-8,12H2,1-4H3. The van der Waals surface area contributed by atoms with E-state index in [1.54, 1.807) is 19.3 Å². The molecule has 27 heavy (non-hydrogen) atoms. The maximum Gasteiger partial charge on any atom is 0.272 e. The lowest BCUT2D eigenvalue weighted by Gasteiger charge is -2.23. The maximum atomic E-state index is 12.6. The second kappa shape index (κ2) is 7.31. The van der Waals surface area contributed by atoms with Crippen LogP contribution in [0.2, 0.25) is 0 Å². The molecule has 0 aliphatic carbocycles. The van der Waals surface area contributed by atoms with Gasteiger partial charge in [-0.1, -0.05) is 17.7 Å². The SMILES string of the molecule is Cc1cc(C)c(Nc2ccc(C(=O)N(C)C3CCS(=O)(=O)C3)nc2)c(C)c1. The van der Waals surface area contributed by atoms with Crippen molar-refractivity contribution in [2.75, 3.05) is 23.9 Å². The molecule has 144 valence electrons. The predicted octanol–water partition coefficient (Wildman–Crippen LogP) is 3.01. The Bertz CT molecular complexity index is 945. The van der Waals surface area contributed by atoms with E-state index in [-0.39, 0.29) is 23.5 Å². The number of hydrogen-bond donors (Lipinski definition) is 1. The minimum absolute atomic E-state index is 0.0286. The van der Waals surface area contributed by atoms with Crippen LogP contribution in [0.15, 0.2) is 30.5 Å². The smallest absolute Gasteiger partial charge is 0.272 e. The van der Waals surface area contributed by atoms with Crippen LogP contribution < -0.4 is 5.32 Å². The Morgan fingerprint density at radius 1 is 1.19 bits per heavy atom. The van der Waals surface area contributed by atoms with Gasteiger partial charge in [0.05, 0.1) is 23.4 Å². The highest BCUT2D eigenvalue weighted by Crippen LogP contribution is 2.26. The third kappa shape index (κ3) is 4.30. The highest BCUT2D eigenvalue weighted by atomic mass is 32.2. The van der Waals surface area contributed by atoms with E-state index in [9.17, 15) is 13.2 Å². The molecule has 0 radical (unpaired) electrons. The van der Waals surface area contributed by atoms with Crippen LogP contribution in [-0.2, 0) is 9.84 Å². The molecule has 3 rings (SSSR count). The zero-order valence-electron chi connectivity index (χ0n) is 16.1. The quantitative estimate of drug-likeness (QED) is 0.872. The Hall–Kier alpha value is -2.41. The number of carbonyl (C=O) groups excluding carboxylic acids is 1. The van der Waals surface area contributed by atoms with Gasteiger partial charge in [-0.05, 0) is 50.5 Å². The van der Waals surface area contributed by atoms with Gasteiger partial charge in [0.25, 0.3) is 5.91 Å². The molecule has 1 aromatic heterocycles. The number of hydrogen-bond acceptors (Lipinski definition) is 5. The zero-order valence-corrected chi connectivity index (χ0v) is 16.9. The average molecular weight is 388 g/mol. The van der Waals surface area contributed by atoms with Gasteiger partial charge >= 0.3 is 0 Å². The van der Waals surface area contributed by atoms with Crippen LogP contribution in [0.5, 0.6) is 0 Å². The number of nitrogens with one attached hydrogen (secondary N) is 1. The van der Waals surface area contributed by atoms with Crippen LogP contribution in [0, 0.1) is 20.8 Å². The van der Waals surface area contributed by atoms with Crippen molar-refractivity contribution >= 4 is 27.1 Å². The number of pyridine rings is 1. The van der Waals surface area contributed by atoms with Crippen LogP contribution in [0.4, 0.5) is 11.4 Å². The fourth-order valence-corrected chi connectivity index (χ4v) is 5.32. The van der Waals surface area contributed by atoms with E-state index in [0.29, 0.717) is 12.1 Å². The average Bonchev–Trinajstić information content (AvgIpc) is 2.97. The molecule has 6 nitrogen and oxygen atoms in total. The lowest BCUT2D eigenvalue weighted by atomic mass is 10.0. The van der Waals surface area contributed by atoms with E-state index in [1.807, 2.05) is 6.07 Å². The van der Waals surface area contributed by atoms with Crippen molar-refractivity contribution in [1.82, 2.24) is 9.88 Å². The third-order valence-electron chi connectivity index (χ3n) is 5.01. The van der Waals surface area contributed by atoms with Gasteiger partial charge in [-0.25, -0.2) is 13.4 Å². The number of nitrogens with zero attached hydrogens (tertiary/aromatic N) is 2. The number of benzene rings is 1. The van der Waals surface area contributed by atoms with Gasteiger partial charge in [0.1, 0.15) is 5.69 Å². The number of amides is 1. The van der Waals surface area contributed by atoms with Gasteiger partial charge in [0, 0.05) is 18.8 Å². The third-order valence-corrected chi connectivity index (χ3v) is 6.76. The van der Waals surface area contributed by atoms with E-state index in [1.165, 1.54) is 10.5 Å². The summed E-state index contributed by atoms with van der Waals surface area (Å²) in [5.41, 5.74) is 5.66. The molecule has 1 saturated heterocycles. The highest BCUT2D eigenvalue weighted by molar-refractivity contribution is 7.91. The molecular formula is C20H25N3O3S. The fourth-order valence-electron chi connectivity index (χ4n) is 3.54. The molecule has 0 spiro atoms. The first kappa shape index (κ1) is 19.4. The van der Waals surface area contributed by atoms with Crippen molar-refractivity contribution in [3.05, 3.63) is 52.8 Å². The first-order valence-electron chi connectivity index (χ1n) is 8.95. The monoisotopic (exact) mass is 387 g/mol. The molecule has 1 aliphatic heterocycles. The molecule has 1 aromatic carbocycles. The molecule has 0 saturated carbocycles. The number of aromatic nitrogens is 1. The first-order valence-corrected chi connectivity index (χ1v) is 10.8. The van der Waals surface area contributed by atoms with E-state index in [4.69, 9.17) is 0 Å². The Morgan fingerprint density at radius 3 is 2.37 bits per heavy atom. The topological polar surface area (TPSA) is 79.4 Å². The minimum atomic E-state index is -3.03. The maximum absolute atomic E-state index is 12.6. The fraction of sp³-hybridized carbons (Fsp3) is 0.400. The van der Waals surface area contributed by atoms with Gasteiger partial charge < -0.3 is 10.2 Å². The number of sulfone groups is 1. The first-order chi connectivity index (χ1) is 12.7. The largest absolute Gasteiger partial charge is 0.354 e. The molecule has 0 bridgehead atoms. The van der Waals surface area contributed by atoms with E-state index < -0.39 is 9.84 Å². The Balaban J connectivity index is 1.73. The van der Waals surface area contributed by atoms with Crippen LogP contribution in [0.25, 0.3) is 0 Å². The molecule has 1 aliphatic rings. The number of anilines is 2. The molecule has 1 amide bonds. The molecule has 1 unspecified atom stereocenters. The molecule has 7 heteroatoms. The van der Waals surface area contributed by atoms with Gasteiger partial charge in [-0.2, -0.15) is 0 Å². The van der Waals surface area contributed by atoms with Crippen LogP contribution >= 0.6 is 0 Å². The van der Waals surface area contributed by atoms with Crippen molar-refractivity contribution in [2.24, 2.45) is 0 Å². The summed E-state index contributed by atoms with van der Waals surface area (Å²) in [4.78, 5) is 18.4. The van der Waals surface area contributed by atoms with Crippen molar-refractivity contribution in [3.8, 4) is 0 Å². The molecule has 2 aromatic rings. The molecule has 1 fully saturated rings. The molecule has 2 heterocycles. The van der Waals surface area contributed by atoms with Crippen LogP contribution in [0.3, 0.4) is 0 Å². The predicted molar refractivity (Wildman–Crippen MR) is 107 cm³/mol. The zero-order chi connectivity index (χ0) is 19.8. The van der Waals surface area contributed by atoms with Crippen LogP contribution in [0.1, 0.15) is 33.6 Å². The molecular weight excluding hydrogens is 362 g/mol. The van der Waals surface area contributed by atoms with Crippen molar-refractivity contribution in [2.45, 2.75) is 33.2 Å².